The summed E-state index contributed by atoms with van der Waals surface area (Å²) in [6.45, 7) is 5.28. The lowest BCUT2D eigenvalue weighted by Crippen LogP contribution is -2.14. The molecule has 0 atom stereocenters. The van der Waals surface area contributed by atoms with Gasteiger partial charge in [-0.15, -0.1) is 0 Å². The van der Waals surface area contributed by atoms with Crippen LogP contribution < -0.4 is 5.73 Å². The fourth-order valence-electron chi connectivity index (χ4n) is 8.16. The van der Waals surface area contributed by atoms with Gasteiger partial charge in [0.2, 0.25) is 0 Å². The van der Waals surface area contributed by atoms with Crippen LogP contribution in [0.2, 0.25) is 0 Å². The maximum absolute atomic E-state index is 6.94. The van der Waals surface area contributed by atoms with E-state index in [2.05, 4.69) is 153 Å². The van der Waals surface area contributed by atoms with Gasteiger partial charge in [-0.3, -0.25) is 4.99 Å². The third-order valence-electron chi connectivity index (χ3n) is 11.0. The number of hydrogen-bond donors (Lipinski definition) is 1. The summed E-state index contributed by atoms with van der Waals surface area (Å²) in [6.07, 6.45) is 2.02. The zero-order valence-electron chi connectivity index (χ0n) is 30.1. The fourth-order valence-corrected chi connectivity index (χ4v) is 8.16. The number of rotatable bonds is 7. The van der Waals surface area contributed by atoms with Gasteiger partial charge in [0, 0.05) is 16.7 Å². The van der Waals surface area contributed by atoms with E-state index in [1.807, 2.05) is 42.5 Å². The molecule has 53 heavy (non-hydrogen) atoms. The van der Waals surface area contributed by atoms with Crippen molar-refractivity contribution in [1.29, 1.82) is 0 Å². The third kappa shape index (κ3) is 5.83. The van der Waals surface area contributed by atoms with Gasteiger partial charge in [-0.25, -0.2) is 0 Å². The van der Waals surface area contributed by atoms with E-state index in [1.54, 1.807) is 0 Å². The summed E-state index contributed by atoms with van der Waals surface area (Å²) in [7, 11) is 0. The molecule has 2 nitrogen and oxygen atoms in total. The molecular formula is C51H40N2. The highest BCUT2D eigenvalue weighted by Gasteiger charge is 2.36. The van der Waals surface area contributed by atoms with Crippen molar-refractivity contribution in [2.45, 2.75) is 25.8 Å². The Hall–Kier alpha value is -6.51. The maximum atomic E-state index is 6.94. The predicted molar refractivity (Wildman–Crippen MR) is 225 cm³/mol. The quantitative estimate of drug-likeness (QED) is 0.167. The Kier molecular flexibility index (Phi) is 8.09. The Morgan fingerprint density at radius 3 is 1.94 bits per heavy atom. The van der Waals surface area contributed by atoms with E-state index in [1.165, 1.54) is 60.7 Å². The molecule has 0 aromatic heterocycles. The smallest absolute Gasteiger partial charge is 0.0671 e. The first-order valence-electron chi connectivity index (χ1n) is 18.4. The fraction of sp³-hybridized carbons (Fsp3) is 0.0784. The number of nitrogens with two attached hydrogens (primary N) is 1. The normalized spacial score (nSPS) is 13.6. The molecule has 8 aromatic rings. The van der Waals surface area contributed by atoms with Crippen LogP contribution in [0.1, 0.15) is 41.7 Å². The Labute approximate surface area is 311 Å². The van der Waals surface area contributed by atoms with E-state index >= 15 is 0 Å². The lowest BCUT2D eigenvalue weighted by atomic mass is 9.82. The van der Waals surface area contributed by atoms with Crippen molar-refractivity contribution in [3.05, 3.63) is 210 Å². The molecule has 0 aliphatic heterocycles. The monoisotopic (exact) mass is 680 g/mol. The molecule has 1 aliphatic rings. The zero-order valence-corrected chi connectivity index (χ0v) is 30.1. The van der Waals surface area contributed by atoms with Crippen LogP contribution in [-0.2, 0) is 12.0 Å². The molecule has 0 heterocycles. The average molecular weight is 681 g/mol. The molecule has 8 aromatic carbocycles. The van der Waals surface area contributed by atoms with Gasteiger partial charge >= 0.3 is 0 Å². The van der Waals surface area contributed by atoms with Crippen molar-refractivity contribution < 1.29 is 0 Å². The van der Waals surface area contributed by atoms with E-state index in [0.29, 0.717) is 12.2 Å². The second-order valence-corrected chi connectivity index (χ2v) is 14.5. The summed E-state index contributed by atoms with van der Waals surface area (Å²) >= 11 is 0. The SMILES string of the molecule is CC1(C)c2ccc(-c3ccc(-c4ccc(/C(N)=C/C(=NCc5ccccc5)c5ccccc5)c5ccccc45)cc3)cc2-c2c1ccc1ccccc21. The second kappa shape index (κ2) is 13.2. The minimum Gasteiger partial charge on any atom is -0.398 e. The van der Waals surface area contributed by atoms with Crippen molar-refractivity contribution in [3.8, 4) is 33.4 Å². The molecule has 0 radical (unpaired) electrons. The van der Waals surface area contributed by atoms with Gasteiger partial charge in [0.1, 0.15) is 0 Å². The van der Waals surface area contributed by atoms with Crippen molar-refractivity contribution in [1.82, 2.24) is 0 Å². The lowest BCUT2D eigenvalue weighted by Gasteiger charge is -2.21. The van der Waals surface area contributed by atoms with Crippen molar-refractivity contribution in [2.75, 3.05) is 0 Å². The van der Waals surface area contributed by atoms with Crippen LogP contribution in [-0.4, -0.2) is 5.71 Å². The minimum atomic E-state index is -0.0407. The van der Waals surface area contributed by atoms with E-state index < -0.39 is 0 Å². The molecule has 0 saturated heterocycles. The van der Waals surface area contributed by atoms with Crippen LogP contribution in [0.5, 0.6) is 0 Å². The van der Waals surface area contributed by atoms with E-state index in [4.69, 9.17) is 10.7 Å². The summed E-state index contributed by atoms with van der Waals surface area (Å²) in [5, 5.41) is 4.89. The topological polar surface area (TPSA) is 38.4 Å². The van der Waals surface area contributed by atoms with E-state index in [9.17, 15) is 0 Å². The van der Waals surface area contributed by atoms with E-state index in [0.717, 1.165) is 27.8 Å². The molecule has 254 valence electrons. The zero-order chi connectivity index (χ0) is 35.9. The number of hydrogen-bond acceptors (Lipinski definition) is 2. The van der Waals surface area contributed by atoms with Crippen LogP contribution in [0.15, 0.2) is 187 Å². The lowest BCUT2D eigenvalue weighted by molar-refractivity contribution is 0.661. The van der Waals surface area contributed by atoms with Gasteiger partial charge < -0.3 is 5.73 Å². The molecule has 9 rings (SSSR count). The predicted octanol–water partition coefficient (Wildman–Crippen LogP) is 12.6. The van der Waals surface area contributed by atoms with Gasteiger partial charge in [0.25, 0.3) is 0 Å². The molecule has 0 unspecified atom stereocenters. The third-order valence-corrected chi connectivity index (χ3v) is 11.0. The summed E-state index contributed by atoms with van der Waals surface area (Å²) in [5.74, 6) is 0. The van der Waals surface area contributed by atoms with Crippen molar-refractivity contribution in [3.63, 3.8) is 0 Å². The van der Waals surface area contributed by atoms with Crippen LogP contribution in [0.25, 0.3) is 60.6 Å². The Balaban J connectivity index is 1.06. The van der Waals surface area contributed by atoms with Crippen LogP contribution in [0, 0.1) is 0 Å². The molecule has 0 saturated carbocycles. The molecule has 2 heteroatoms. The van der Waals surface area contributed by atoms with Gasteiger partial charge in [-0.05, 0) is 89.3 Å². The Morgan fingerprint density at radius 2 is 1.17 bits per heavy atom. The Morgan fingerprint density at radius 1 is 0.547 bits per heavy atom. The molecule has 2 N–H and O–H groups in total. The number of benzene rings is 8. The number of allylic oxidation sites excluding steroid dienone is 1. The summed E-state index contributed by atoms with van der Waals surface area (Å²) < 4.78 is 0. The van der Waals surface area contributed by atoms with Gasteiger partial charge in [-0.2, -0.15) is 0 Å². The first-order chi connectivity index (χ1) is 26.0. The molecule has 0 fully saturated rings. The molecule has 0 amide bonds. The van der Waals surface area contributed by atoms with E-state index in [-0.39, 0.29) is 5.41 Å². The van der Waals surface area contributed by atoms with Gasteiger partial charge in [0.05, 0.1) is 12.3 Å². The number of fused-ring (bicyclic) bond motifs is 6. The summed E-state index contributed by atoms with van der Waals surface area (Å²) in [5.41, 5.74) is 21.9. The molecular weight excluding hydrogens is 641 g/mol. The van der Waals surface area contributed by atoms with Crippen LogP contribution in [0.3, 0.4) is 0 Å². The van der Waals surface area contributed by atoms with Crippen LogP contribution in [0.4, 0.5) is 0 Å². The average Bonchev–Trinajstić information content (AvgIpc) is 3.45. The summed E-state index contributed by atoms with van der Waals surface area (Å²) in [4.78, 5) is 5.02. The van der Waals surface area contributed by atoms with Gasteiger partial charge in [0.15, 0.2) is 0 Å². The number of aliphatic imine (C=N–C) groups is 1. The minimum absolute atomic E-state index is 0.0407. The highest BCUT2D eigenvalue weighted by Crippen LogP contribution is 2.52. The molecule has 1 aliphatic carbocycles. The van der Waals surface area contributed by atoms with Crippen molar-refractivity contribution >= 4 is 33.0 Å². The van der Waals surface area contributed by atoms with Crippen LogP contribution >= 0.6 is 0 Å². The highest BCUT2D eigenvalue weighted by atomic mass is 14.7. The standard InChI is InChI=1S/C51H40N2/c1-51(2)46-29-26-39(31-45(46)50-41-18-10-9-15-36(41)25-30-47(50)51)35-21-23-37(24-22-35)40-27-28-44(43-20-12-11-19-42(40)43)48(52)32-49(38-16-7-4-8-17-38)53-33-34-13-5-3-6-14-34/h3-32H,33,52H2,1-2H3/b48-32-,53-49?. The summed E-state index contributed by atoms with van der Waals surface area (Å²) in [6, 6.07) is 62.9. The molecule has 0 bridgehead atoms. The largest absolute Gasteiger partial charge is 0.398 e. The maximum Gasteiger partial charge on any atom is 0.0671 e. The first kappa shape index (κ1) is 32.4. The second-order valence-electron chi connectivity index (χ2n) is 14.5. The Bertz CT molecular complexity index is 2700. The van der Waals surface area contributed by atoms with Gasteiger partial charge in [-0.1, -0.05) is 184 Å². The first-order valence-corrected chi connectivity index (χ1v) is 18.4. The molecule has 0 spiro atoms. The number of nitrogens with zero attached hydrogens (tertiary/aromatic N) is 1. The van der Waals surface area contributed by atoms with Crippen molar-refractivity contribution in [2.24, 2.45) is 10.7 Å². The highest BCUT2D eigenvalue weighted by molar-refractivity contribution is 6.14.